The fourth-order valence-corrected chi connectivity index (χ4v) is 2.82. The molecule has 0 radical (unpaired) electrons. The van der Waals surface area contributed by atoms with E-state index in [1.807, 2.05) is 24.3 Å². The first-order valence-corrected chi connectivity index (χ1v) is 7.57. The van der Waals surface area contributed by atoms with Gasteiger partial charge in [-0.05, 0) is 52.8 Å². The fraction of sp³-hybridized carbons (Fsp3) is 0.125. The molecular weight excluding hydrogens is 357 g/mol. The van der Waals surface area contributed by atoms with Crippen LogP contribution in [0, 0.1) is 5.82 Å². The van der Waals surface area contributed by atoms with Gasteiger partial charge in [0.25, 0.3) is 0 Å². The van der Waals surface area contributed by atoms with Crippen molar-refractivity contribution in [2.24, 2.45) is 0 Å². The summed E-state index contributed by atoms with van der Waals surface area (Å²) in [6, 6.07) is 12.3. The second kappa shape index (κ2) is 5.79. The topological polar surface area (TPSA) is 25.2 Å². The van der Waals surface area contributed by atoms with Gasteiger partial charge in [-0.1, -0.05) is 29.8 Å². The molecule has 0 aliphatic rings. The molecule has 108 valence electrons. The Kier molecular flexibility index (Phi) is 4.02. The Labute approximate surface area is 135 Å². The van der Waals surface area contributed by atoms with Crippen molar-refractivity contribution in [3.63, 3.8) is 0 Å². The number of benzene rings is 2. The van der Waals surface area contributed by atoms with E-state index in [-0.39, 0.29) is 11.9 Å². The summed E-state index contributed by atoms with van der Waals surface area (Å²) in [5.74, 6) is 0.393. The standard InChI is InChI=1S/C16H12BrClFNO/c1-20-15(9-5-6-11(17)13(19)7-9)14-8-10-3-2-4-12(18)16(10)21-14/h2-8,15,20H,1H3. The molecule has 1 aromatic heterocycles. The molecule has 3 aromatic rings. The minimum atomic E-state index is -0.304. The van der Waals surface area contributed by atoms with Crippen molar-refractivity contribution in [3.8, 4) is 0 Å². The first-order chi connectivity index (χ1) is 10.1. The largest absolute Gasteiger partial charge is 0.457 e. The van der Waals surface area contributed by atoms with Crippen LogP contribution in [0.4, 0.5) is 4.39 Å². The van der Waals surface area contributed by atoms with E-state index in [0.717, 1.165) is 10.9 Å². The molecule has 0 spiro atoms. The average molecular weight is 369 g/mol. The number of rotatable bonds is 3. The maximum atomic E-state index is 13.7. The smallest absolute Gasteiger partial charge is 0.152 e. The predicted octanol–water partition coefficient (Wildman–Crippen LogP) is 5.30. The summed E-state index contributed by atoms with van der Waals surface area (Å²) >= 11 is 9.29. The SMILES string of the molecule is CNC(c1ccc(Br)c(F)c1)c1cc2cccc(Cl)c2o1. The van der Waals surface area contributed by atoms with Gasteiger partial charge in [-0.3, -0.25) is 0 Å². The molecule has 5 heteroatoms. The van der Waals surface area contributed by atoms with Gasteiger partial charge in [-0.15, -0.1) is 0 Å². The van der Waals surface area contributed by atoms with Crippen LogP contribution in [0.1, 0.15) is 17.4 Å². The lowest BCUT2D eigenvalue weighted by molar-refractivity contribution is 0.490. The van der Waals surface area contributed by atoms with Crippen molar-refractivity contribution in [2.75, 3.05) is 7.05 Å². The van der Waals surface area contributed by atoms with Gasteiger partial charge in [0.2, 0.25) is 0 Å². The van der Waals surface area contributed by atoms with Crippen LogP contribution in [0.2, 0.25) is 5.02 Å². The Hall–Kier alpha value is -1.36. The summed E-state index contributed by atoms with van der Waals surface area (Å²) in [7, 11) is 1.80. The van der Waals surface area contributed by atoms with E-state index < -0.39 is 0 Å². The van der Waals surface area contributed by atoms with Gasteiger partial charge in [0, 0.05) is 5.39 Å². The summed E-state index contributed by atoms with van der Waals surface area (Å²) in [6.07, 6.45) is 0. The molecule has 0 fully saturated rings. The zero-order valence-corrected chi connectivity index (χ0v) is 13.5. The first-order valence-electron chi connectivity index (χ1n) is 6.40. The minimum absolute atomic E-state index is 0.240. The highest BCUT2D eigenvalue weighted by molar-refractivity contribution is 9.10. The second-order valence-electron chi connectivity index (χ2n) is 4.70. The van der Waals surface area contributed by atoms with Gasteiger partial charge in [-0.25, -0.2) is 4.39 Å². The van der Waals surface area contributed by atoms with Gasteiger partial charge >= 0.3 is 0 Å². The number of hydrogen-bond acceptors (Lipinski definition) is 2. The molecule has 1 heterocycles. The van der Waals surface area contributed by atoms with Gasteiger partial charge < -0.3 is 9.73 Å². The lowest BCUT2D eigenvalue weighted by Crippen LogP contribution is -2.17. The quantitative estimate of drug-likeness (QED) is 0.679. The molecule has 0 saturated heterocycles. The van der Waals surface area contributed by atoms with Crippen LogP contribution in [-0.2, 0) is 0 Å². The summed E-state index contributed by atoms with van der Waals surface area (Å²) < 4.78 is 20.0. The van der Waals surface area contributed by atoms with Gasteiger partial charge in [0.1, 0.15) is 11.6 Å². The Morgan fingerprint density at radius 2 is 2.05 bits per heavy atom. The number of nitrogens with one attached hydrogen (secondary N) is 1. The Morgan fingerprint density at radius 3 is 2.71 bits per heavy atom. The third kappa shape index (κ3) is 2.71. The van der Waals surface area contributed by atoms with E-state index >= 15 is 0 Å². The molecule has 3 rings (SSSR count). The normalized spacial score (nSPS) is 12.8. The number of halogens is 3. The molecule has 1 atom stereocenters. The molecular formula is C16H12BrClFNO. The van der Waals surface area contributed by atoms with Crippen LogP contribution in [0.25, 0.3) is 11.0 Å². The lowest BCUT2D eigenvalue weighted by Gasteiger charge is -2.14. The fourth-order valence-electron chi connectivity index (χ4n) is 2.35. The van der Waals surface area contributed by atoms with E-state index in [4.69, 9.17) is 16.0 Å². The van der Waals surface area contributed by atoms with Crippen molar-refractivity contribution in [1.29, 1.82) is 0 Å². The maximum absolute atomic E-state index is 13.7. The summed E-state index contributed by atoms with van der Waals surface area (Å²) in [6.45, 7) is 0. The molecule has 1 unspecified atom stereocenters. The predicted molar refractivity (Wildman–Crippen MR) is 86.2 cm³/mol. The molecule has 0 saturated carbocycles. The van der Waals surface area contributed by atoms with Crippen LogP contribution < -0.4 is 5.32 Å². The van der Waals surface area contributed by atoms with Gasteiger partial charge in [-0.2, -0.15) is 0 Å². The van der Waals surface area contributed by atoms with Crippen LogP contribution in [0.5, 0.6) is 0 Å². The molecule has 0 bridgehead atoms. The lowest BCUT2D eigenvalue weighted by atomic mass is 10.0. The highest BCUT2D eigenvalue weighted by Crippen LogP contribution is 2.32. The van der Waals surface area contributed by atoms with Crippen LogP contribution in [0.15, 0.2) is 51.4 Å². The zero-order chi connectivity index (χ0) is 15.0. The highest BCUT2D eigenvalue weighted by Gasteiger charge is 2.18. The van der Waals surface area contributed by atoms with Gasteiger partial charge in [0.05, 0.1) is 15.5 Å². The summed E-state index contributed by atoms with van der Waals surface area (Å²) in [5, 5.41) is 4.63. The van der Waals surface area contributed by atoms with Crippen molar-refractivity contribution in [1.82, 2.24) is 5.32 Å². The van der Waals surface area contributed by atoms with E-state index in [1.54, 1.807) is 19.2 Å². The molecule has 1 N–H and O–H groups in total. The molecule has 0 aliphatic heterocycles. The first kappa shape index (κ1) is 14.6. The zero-order valence-electron chi connectivity index (χ0n) is 11.2. The highest BCUT2D eigenvalue weighted by atomic mass is 79.9. The summed E-state index contributed by atoms with van der Waals surface area (Å²) in [5.41, 5.74) is 1.43. The summed E-state index contributed by atoms with van der Waals surface area (Å²) in [4.78, 5) is 0. The minimum Gasteiger partial charge on any atom is -0.457 e. The maximum Gasteiger partial charge on any atom is 0.152 e. The molecule has 2 aromatic carbocycles. The molecule has 2 nitrogen and oxygen atoms in total. The van der Waals surface area contributed by atoms with Crippen molar-refractivity contribution >= 4 is 38.5 Å². The van der Waals surface area contributed by atoms with Crippen molar-refractivity contribution < 1.29 is 8.81 Å². The third-order valence-corrected chi connectivity index (χ3v) is 4.31. The van der Waals surface area contributed by atoms with Gasteiger partial charge in [0.15, 0.2) is 5.58 Å². The van der Waals surface area contributed by atoms with Crippen LogP contribution in [-0.4, -0.2) is 7.05 Å². The van der Waals surface area contributed by atoms with E-state index in [2.05, 4.69) is 21.2 Å². The molecule has 0 aliphatic carbocycles. The van der Waals surface area contributed by atoms with E-state index in [1.165, 1.54) is 6.07 Å². The van der Waals surface area contributed by atoms with Crippen molar-refractivity contribution in [2.45, 2.75) is 6.04 Å². The number of furan rings is 1. The Balaban J connectivity index is 2.09. The third-order valence-electron chi connectivity index (χ3n) is 3.37. The average Bonchev–Trinajstić information content (AvgIpc) is 2.89. The molecule has 0 amide bonds. The number of para-hydroxylation sites is 1. The van der Waals surface area contributed by atoms with E-state index in [0.29, 0.717) is 20.8 Å². The Bertz CT molecular complexity index is 802. The number of fused-ring (bicyclic) bond motifs is 1. The Morgan fingerprint density at radius 1 is 1.24 bits per heavy atom. The van der Waals surface area contributed by atoms with Crippen molar-refractivity contribution in [3.05, 3.63) is 69.1 Å². The molecule has 21 heavy (non-hydrogen) atoms. The monoisotopic (exact) mass is 367 g/mol. The van der Waals surface area contributed by atoms with Crippen LogP contribution in [0.3, 0.4) is 0 Å². The van der Waals surface area contributed by atoms with E-state index in [9.17, 15) is 4.39 Å². The number of hydrogen-bond donors (Lipinski definition) is 1. The second-order valence-corrected chi connectivity index (χ2v) is 5.96. The van der Waals surface area contributed by atoms with Crippen LogP contribution >= 0.6 is 27.5 Å².